The van der Waals surface area contributed by atoms with Crippen LogP contribution in [0.15, 0.2) is 18.2 Å². The Morgan fingerprint density at radius 3 is 2.00 bits per heavy atom. The fraction of sp³-hybridized carbons (Fsp3) is 0.364. The van der Waals surface area contributed by atoms with E-state index in [2.05, 4.69) is 9.47 Å². The SMILES string of the molecule is N#CCCc1ccc(OC(F)(F)F)c(OC(F)(F)F)c1. The molecule has 0 spiro atoms. The molecule has 0 aromatic heterocycles. The third-order valence-electron chi connectivity index (χ3n) is 1.98. The molecule has 0 saturated heterocycles. The number of hydrogen-bond donors (Lipinski definition) is 0. The highest BCUT2D eigenvalue weighted by atomic mass is 19.4. The van der Waals surface area contributed by atoms with Gasteiger partial charge >= 0.3 is 12.7 Å². The molecule has 0 aliphatic carbocycles. The van der Waals surface area contributed by atoms with Crippen LogP contribution in [0, 0.1) is 11.3 Å². The summed E-state index contributed by atoms with van der Waals surface area (Å²) in [5, 5.41) is 8.36. The second-order valence-electron chi connectivity index (χ2n) is 3.53. The molecule has 110 valence electrons. The van der Waals surface area contributed by atoms with Crippen LogP contribution < -0.4 is 9.47 Å². The molecule has 0 heterocycles. The molecule has 1 aromatic carbocycles. The monoisotopic (exact) mass is 299 g/mol. The maximum Gasteiger partial charge on any atom is 0.573 e. The lowest BCUT2D eigenvalue weighted by Crippen LogP contribution is -2.21. The van der Waals surface area contributed by atoms with E-state index in [1.165, 1.54) is 0 Å². The first-order valence-corrected chi connectivity index (χ1v) is 5.12. The summed E-state index contributed by atoms with van der Waals surface area (Å²) in [6, 6.07) is 4.35. The third kappa shape index (κ3) is 5.69. The number of nitrogens with zero attached hydrogens (tertiary/aromatic N) is 1. The lowest BCUT2D eigenvalue weighted by Gasteiger charge is -2.16. The third-order valence-corrected chi connectivity index (χ3v) is 1.98. The van der Waals surface area contributed by atoms with Gasteiger partial charge in [-0.05, 0) is 24.1 Å². The summed E-state index contributed by atoms with van der Waals surface area (Å²) >= 11 is 0. The van der Waals surface area contributed by atoms with Gasteiger partial charge in [0, 0.05) is 6.42 Å². The molecule has 0 bridgehead atoms. The van der Waals surface area contributed by atoms with Crippen molar-refractivity contribution in [1.29, 1.82) is 5.26 Å². The first-order valence-electron chi connectivity index (χ1n) is 5.12. The number of nitriles is 1. The highest BCUT2D eigenvalue weighted by Crippen LogP contribution is 2.36. The predicted octanol–water partition coefficient (Wildman–Crippen LogP) is 3.94. The highest BCUT2D eigenvalue weighted by Gasteiger charge is 2.36. The second-order valence-corrected chi connectivity index (χ2v) is 3.53. The first kappa shape index (κ1) is 15.9. The van der Waals surface area contributed by atoms with Crippen LogP contribution in [-0.2, 0) is 6.42 Å². The number of aryl methyl sites for hydroxylation is 1. The van der Waals surface area contributed by atoms with E-state index in [1.807, 2.05) is 0 Å². The molecule has 3 nitrogen and oxygen atoms in total. The summed E-state index contributed by atoms with van der Waals surface area (Å²) in [5.41, 5.74) is 0.223. The van der Waals surface area contributed by atoms with Gasteiger partial charge in [0.1, 0.15) is 0 Å². The van der Waals surface area contributed by atoms with Crippen molar-refractivity contribution in [3.05, 3.63) is 23.8 Å². The van der Waals surface area contributed by atoms with Crippen LogP contribution >= 0.6 is 0 Å². The van der Waals surface area contributed by atoms with Crippen LogP contribution in [0.1, 0.15) is 12.0 Å². The minimum atomic E-state index is -5.16. The van der Waals surface area contributed by atoms with E-state index in [9.17, 15) is 26.3 Å². The van der Waals surface area contributed by atoms with Gasteiger partial charge in [0.15, 0.2) is 11.5 Å². The second kappa shape index (κ2) is 5.90. The van der Waals surface area contributed by atoms with E-state index in [0.29, 0.717) is 6.07 Å². The molecule has 0 aliphatic heterocycles. The molecular formula is C11H7F6NO2. The van der Waals surface area contributed by atoms with Crippen molar-refractivity contribution in [3.63, 3.8) is 0 Å². The molecular weight excluding hydrogens is 292 g/mol. The van der Waals surface area contributed by atoms with E-state index in [0.717, 1.165) is 12.1 Å². The van der Waals surface area contributed by atoms with E-state index in [4.69, 9.17) is 5.26 Å². The predicted molar refractivity (Wildman–Crippen MR) is 53.7 cm³/mol. The molecule has 0 aliphatic rings. The molecule has 9 heteroatoms. The fourth-order valence-electron chi connectivity index (χ4n) is 1.32. The smallest absolute Gasteiger partial charge is 0.402 e. The summed E-state index contributed by atoms with van der Waals surface area (Å²) < 4.78 is 79.5. The highest BCUT2D eigenvalue weighted by molar-refractivity contribution is 5.43. The largest absolute Gasteiger partial charge is 0.573 e. The van der Waals surface area contributed by atoms with Gasteiger partial charge in [0.2, 0.25) is 0 Å². The summed E-state index contributed by atoms with van der Waals surface area (Å²) in [6.45, 7) is 0. The van der Waals surface area contributed by atoms with Gasteiger partial charge in [-0.15, -0.1) is 26.3 Å². The Bertz CT molecular complexity index is 503. The van der Waals surface area contributed by atoms with Gasteiger partial charge in [0.05, 0.1) is 6.07 Å². The topological polar surface area (TPSA) is 42.2 Å². The average molecular weight is 299 g/mol. The molecule has 0 unspecified atom stereocenters. The van der Waals surface area contributed by atoms with Crippen molar-refractivity contribution >= 4 is 0 Å². The summed E-state index contributed by atoms with van der Waals surface area (Å²) in [4.78, 5) is 0. The number of alkyl halides is 6. The van der Waals surface area contributed by atoms with Crippen LogP contribution in [0.5, 0.6) is 11.5 Å². The summed E-state index contributed by atoms with van der Waals surface area (Å²) in [5.74, 6) is -2.21. The number of hydrogen-bond acceptors (Lipinski definition) is 3. The van der Waals surface area contributed by atoms with Crippen LogP contribution in [0.25, 0.3) is 0 Å². The first-order chi connectivity index (χ1) is 9.11. The minimum Gasteiger partial charge on any atom is -0.402 e. The Morgan fingerprint density at radius 2 is 1.50 bits per heavy atom. The van der Waals surface area contributed by atoms with Crippen molar-refractivity contribution in [1.82, 2.24) is 0 Å². The standard InChI is InChI=1S/C11H7F6NO2/c12-10(13,14)19-8-4-3-7(2-1-5-18)6-9(8)20-11(15,16)17/h3-4,6H,1-2H2. The van der Waals surface area contributed by atoms with E-state index in [1.54, 1.807) is 6.07 Å². The van der Waals surface area contributed by atoms with Crippen LogP contribution in [0.4, 0.5) is 26.3 Å². The molecule has 0 saturated carbocycles. The van der Waals surface area contributed by atoms with Gasteiger partial charge in [-0.1, -0.05) is 6.07 Å². The van der Waals surface area contributed by atoms with Crippen molar-refractivity contribution in [2.75, 3.05) is 0 Å². The maximum atomic E-state index is 12.1. The Hall–Kier alpha value is -2.11. The molecule has 1 aromatic rings. The van der Waals surface area contributed by atoms with E-state index < -0.39 is 24.2 Å². The summed E-state index contributed by atoms with van der Waals surface area (Å²) in [6.07, 6.45) is -10.2. The van der Waals surface area contributed by atoms with E-state index >= 15 is 0 Å². The molecule has 0 atom stereocenters. The Morgan fingerprint density at radius 1 is 0.950 bits per heavy atom. The number of ether oxygens (including phenoxy) is 2. The van der Waals surface area contributed by atoms with Crippen molar-refractivity contribution in [3.8, 4) is 17.6 Å². The lowest BCUT2D eigenvalue weighted by atomic mass is 10.1. The van der Waals surface area contributed by atoms with Gasteiger partial charge in [0.25, 0.3) is 0 Å². The van der Waals surface area contributed by atoms with Gasteiger partial charge in [-0.25, -0.2) is 0 Å². The Balaban J connectivity index is 3.07. The molecule has 0 radical (unpaired) electrons. The fourth-order valence-corrected chi connectivity index (χ4v) is 1.32. The average Bonchev–Trinajstić information content (AvgIpc) is 2.25. The molecule has 0 fully saturated rings. The number of benzene rings is 1. The zero-order valence-electron chi connectivity index (χ0n) is 9.68. The van der Waals surface area contributed by atoms with Gasteiger partial charge in [-0.2, -0.15) is 5.26 Å². The van der Waals surface area contributed by atoms with Crippen molar-refractivity contribution in [2.24, 2.45) is 0 Å². The number of rotatable bonds is 4. The van der Waals surface area contributed by atoms with Crippen LogP contribution in [-0.4, -0.2) is 12.7 Å². The van der Waals surface area contributed by atoms with Crippen molar-refractivity contribution < 1.29 is 35.8 Å². The Labute approximate surface area is 109 Å². The Kier molecular flexibility index (Phi) is 4.70. The maximum absolute atomic E-state index is 12.1. The molecule has 0 amide bonds. The van der Waals surface area contributed by atoms with E-state index in [-0.39, 0.29) is 18.4 Å². The minimum absolute atomic E-state index is 0.00489. The number of halogens is 6. The molecule has 20 heavy (non-hydrogen) atoms. The van der Waals surface area contributed by atoms with Crippen molar-refractivity contribution in [2.45, 2.75) is 25.6 Å². The quantitative estimate of drug-likeness (QED) is 0.791. The zero-order valence-corrected chi connectivity index (χ0v) is 9.68. The molecule has 1 rings (SSSR count). The lowest BCUT2D eigenvalue weighted by molar-refractivity contribution is -0.287. The van der Waals surface area contributed by atoms with Gasteiger partial charge in [-0.3, -0.25) is 0 Å². The summed E-state index contributed by atoms with van der Waals surface area (Å²) in [7, 11) is 0. The van der Waals surface area contributed by atoms with Crippen LogP contribution in [0.3, 0.4) is 0 Å². The zero-order chi connectivity index (χ0) is 15.4. The van der Waals surface area contributed by atoms with Crippen LogP contribution in [0.2, 0.25) is 0 Å². The van der Waals surface area contributed by atoms with Gasteiger partial charge < -0.3 is 9.47 Å². The molecule has 0 N–H and O–H groups in total. The normalized spacial score (nSPS) is 11.8.